The van der Waals surface area contributed by atoms with Crippen molar-refractivity contribution in [1.29, 1.82) is 0 Å². The van der Waals surface area contributed by atoms with E-state index in [4.69, 9.17) is 0 Å². The summed E-state index contributed by atoms with van der Waals surface area (Å²) in [5.74, 6) is -2.58. The Labute approximate surface area is 143 Å². The van der Waals surface area contributed by atoms with E-state index >= 15 is 0 Å². The summed E-state index contributed by atoms with van der Waals surface area (Å²) in [6.45, 7) is 0. The average Bonchev–Trinajstić information content (AvgIpc) is 2.95. The van der Waals surface area contributed by atoms with Crippen molar-refractivity contribution in [3.8, 4) is 0 Å². The van der Waals surface area contributed by atoms with Crippen molar-refractivity contribution in [2.45, 2.75) is 49.1 Å². The lowest BCUT2D eigenvalue weighted by Gasteiger charge is -2.32. The summed E-state index contributed by atoms with van der Waals surface area (Å²) in [5.41, 5.74) is -0.566. The monoisotopic (exact) mass is 372 g/mol. The molecule has 136 valence electrons. The smallest absolute Gasteiger partial charge is 0.322 e. The van der Waals surface area contributed by atoms with Gasteiger partial charge in [-0.15, -0.1) is 0 Å². The number of nitro benzene ring substituents is 1. The van der Waals surface area contributed by atoms with Crippen LogP contribution in [0.5, 0.6) is 0 Å². The van der Waals surface area contributed by atoms with Gasteiger partial charge in [-0.1, -0.05) is 12.8 Å². The van der Waals surface area contributed by atoms with E-state index in [9.17, 15) is 32.8 Å². The van der Waals surface area contributed by atoms with Gasteiger partial charge < -0.3 is 5.11 Å². The fraction of sp³-hybridized carbons (Fsp3) is 0.533. The van der Waals surface area contributed by atoms with E-state index in [1.165, 1.54) is 0 Å². The van der Waals surface area contributed by atoms with Crippen molar-refractivity contribution in [2.75, 3.05) is 0 Å². The first-order chi connectivity index (χ1) is 11.7. The highest BCUT2D eigenvalue weighted by atomic mass is 32.2. The van der Waals surface area contributed by atoms with Crippen molar-refractivity contribution in [1.82, 2.24) is 4.31 Å². The van der Waals surface area contributed by atoms with Gasteiger partial charge in [-0.2, -0.15) is 4.31 Å². The topological polar surface area (TPSA) is 118 Å². The molecule has 0 aromatic heterocycles. The first kappa shape index (κ1) is 17.7. The minimum Gasteiger partial charge on any atom is -0.480 e. The van der Waals surface area contributed by atoms with Crippen molar-refractivity contribution in [3.63, 3.8) is 0 Å². The number of carbonyl (C=O) groups is 1. The molecule has 1 heterocycles. The van der Waals surface area contributed by atoms with Crippen molar-refractivity contribution in [3.05, 3.63) is 34.1 Å². The Morgan fingerprint density at radius 1 is 1.32 bits per heavy atom. The van der Waals surface area contributed by atoms with E-state index in [2.05, 4.69) is 0 Å². The fourth-order valence-corrected chi connectivity index (χ4v) is 5.82. The van der Waals surface area contributed by atoms with Gasteiger partial charge in [0.15, 0.2) is 0 Å². The van der Waals surface area contributed by atoms with Crippen molar-refractivity contribution >= 4 is 21.7 Å². The summed E-state index contributed by atoms with van der Waals surface area (Å²) < 4.78 is 41.1. The Balaban J connectivity index is 2.05. The summed E-state index contributed by atoms with van der Waals surface area (Å²) in [4.78, 5) is 20.7. The van der Waals surface area contributed by atoms with Gasteiger partial charge in [0.05, 0.1) is 11.0 Å². The van der Waals surface area contributed by atoms with Crippen LogP contribution in [-0.2, 0) is 14.8 Å². The molecule has 1 saturated heterocycles. The number of carboxylic acids is 1. The predicted molar refractivity (Wildman–Crippen MR) is 83.9 cm³/mol. The fourth-order valence-electron chi connectivity index (χ4n) is 3.90. The van der Waals surface area contributed by atoms with Gasteiger partial charge in [0.25, 0.3) is 5.69 Å². The number of fused-ring (bicyclic) bond motifs is 1. The molecule has 3 atom stereocenters. The Hall–Kier alpha value is -2.07. The molecule has 2 fully saturated rings. The zero-order valence-corrected chi connectivity index (χ0v) is 14.0. The van der Waals surface area contributed by atoms with E-state index in [0.29, 0.717) is 12.5 Å². The van der Waals surface area contributed by atoms with Crippen LogP contribution in [0.3, 0.4) is 0 Å². The van der Waals surface area contributed by atoms with Crippen LogP contribution < -0.4 is 0 Å². The Morgan fingerprint density at radius 3 is 2.60 bits per heavy atom. The maximum absolute atomic E-state index is 14.3. The number of benzene rings is 1. The average molecular weight is 372 g/mol. The number of hydrogen-bond donors (Lipinski definition) is 1. The third-order valence-corrected chi connectivity index (χ3v) is 6.96. The normalized spacial score (nSPS) is 27.0. The standard InChI is InChI=1S/C15H17FN2O6S/c16-11-8-10(18(21)22)5-6-14(11)25(23,24)17-12-4-2-1-3-9(12)7-13(17)15(19)20/h5-6,8-9,12-13H,1-4,7H2,(H,19,20). The second-order valence-corrected chi connectivity index (χ2v) is 8.22. The molecule has 25 heavy (non-hydrogen) atoms. The number of nitro groups is 1. The molecule has 0 bridgehead atoms. The van der Waals surface area contributed by atoms with E-state index in [1.54, 1.807) is 0 Å². The van der Waals surface area contributed by atoms with Crippen LogP contribution in [0.4, 0.5) is 10.1 Å². The van der Waals surface area contributed by atoms with Crippen LogP contribution in [0.1, 0.15) is 32.1 Å². The molecule has 0 spiro atoms. The predicted octanol–water partition coefficient (Wildman–Crippen LogP) is 2.14. The van der Waals surface area contributed by atoms with Gasteiger partial charge >= 0.3 is 5.97 Å². The second kappa shape index (κ2) is 6.34. The number of non-ortho nitro benzene ring substituents is 1. The van der Waals surface area contributed by atoms with Crippen LogP contribution in [0.25, 0.3) is 0 Å². The lowest BCUT2D eigenvalue weighted by Crippen LogP contribution is -2.46. The molecule has 2 aliphatic rings. The Bertz CT molecular complexity index is 827. The molecule has 1 aliphatic carbocycles. The first-order valence-electron chi connectivity index (χ1n) is 7.93. The molecule has 0 radical (unpaired) electrons. The number of nitrogens with zero attached hydrogens (tertiary/aromatic N) is 2. The number of halogens is 1. The molecular formula is C15H17FN2O6S. The molecule has 1 aliphatic heterocycles. The van der Waals surface area contributed by atoms with E-state index in [1.807, 2.05) is 0 Å². The van der Waals surface area contributed by atoms with Crippen LogP contribution >= 0.6 is 0 Å². The summed E-state index contributed by atoms with van der Waals surface area (Å²) in [6, 6.07) is 0.553. The summed E-state index contributed by atoms with van der Waals surface area (Å²) in [5, 5.41) is 20.1. The molecular weight excluding hydrogens is 355 g/mol. The zero-order chi connectivity index (χ0) is 18.4. The molecule has 1 aromatic carbocycles. The molecule has 1 N–H and O–H groups in total. The second-order valence-electron chi connectivity index (χ2n) is 6.41. The van der Waals surface area contributed by atoms with Crippen LogP contribution in [0.2, 0.25) is 0 Å². The first-order valence-corrected chi connectivity index (χ1v) is 9.37. The third-order valence-electron chi connectivity index (χ3n) is 5.00. The maximum atomic E-state index is 14.3. The SMILES string of the molecule is O=C(O)C1CC2CCCCC2N1S(=O)(=O)c1ccc([N+](=O)[O-])cc1F. The van der Waals surface area contributed by atoms with Gasteiger partial charge in [-0.3, -0.25) is 14.9 Å². The molecule has 8 nitrogen and oxygen atoms in total. The van der Waals surface area contributed by atoms with Crippen molar-refractivity contribution < 1.29 is 27.6 Å². The summed E-state index contributed by atoms with van der Waals surface area (Å²) >= 11 is 0. The number of carboxylic acid groups (broad SMARTS) is 1. The van der Waals surface area contributed by atoms with Gasteiger partial charge in [0.1, 0.15) is 16.8 Å². The molecule has 1 saturated carbocycles. The number of aliphatic carboxylic acids is 1. The van der Waals surface area contributed by atoms with Crippen LogP contribution in [0.15, 0.2) is 23.1 Å². The molecule has 10 heteroatoms. The largest absolute Gasteiger partial charge is 0.480 e. The lowest BCUT2D eigenvalue weighted by atomic mass is 9.85. The summed E-state index contributed by atoms with van der Waals surface area (Å²) in [6.07, 6.45) is 3.16. The molecule has 0 amide bonds. The number of rotatable bonds is 4. The molecule has 1 aromatic rings. The van der Waals surface area contributed by atoms with E-state index in [-0.39, 0.29) is 12.3 Å². The summed E-state index contributed by atoms with van der Waals surface area (Å²) in [7, 11) is -4.42. The number of hydrogen-bond acceptors (Lipinski definition) is 5. The third kappa shape index (κ3) is 2.99. The molecule has 3 rings (SSSR count). The highest BCUT2D eigenvalue weighted by Crippen LogP contribution is 2.43. The van der Waals surface area contributed by atoms with Gasteiger partial charge in [-0.05, 0) is 31.2 Å². The van der Waals surface area contributed by atoms with Gasteiger partial charge in [-0.25, -0.2) is 12.8 Å². The number of sulfonamides is 1. The lowest BCUT2D eigenvalue weighted by molar-refractivity contribution is -0.385. The van der Waals surface area contributed by atoms with Crippen LogP contribution in [-0.4, -0.2) is 40.8 Å². The minimum absolute atomic E-state index is 0.0641. The molecule has 3 unspecified atom stereocenters. The van der Waals surface area contributed by atoms with E-state index in [0.717, 1.165) is 35.7 Å². The quantitative estimate of drug-likeness (QED) is 0.639. The van der Waals surface area contributed by atoms with Gasteiger partial charge in [0.2, 0.25) is 10.0 Å². The highest BCUT2D eigenvalue weighted by molar-refractivity contribution is 7.89. The van der Waals surface area contributed by atoms with Crippen LogP contribution in [0, 0.1) is 21.8 Å². The maximum Gasteiger partial charge on any atom is 0.322 e. The Morgan fingerprint density at radius 2 is 2.00 bits per heavy atom. The van der Waals surface area contributed by atoms with E-state index < -0.39 is 49.4 Å². The Kier molecular flexibility index (Phi) is 4.50. The highest BCUT2D eigenvalue weighted by Gasteiger charge is 2.51. The van der Waals surface area contributed by atoms with Crippen molar-refractivity contribution in [2.24, 2.45) is 5.92 Å². The minimum atomic E-state index is -4.42. The van der Waals surface area contributed by atoms with Gasteiger partial charge in [0, 0.05) is 12.1 Å². The zero-order valence-electron chi connectivity index (χ0n) is 13.2.